The minimum atomic E-state index is -0.747. The van der Waals surface area contributed by atoms with Crippen LogP contribution in [0.15, 0.2) is 54.6 Å². The van der Waals surface area contributed by atoms with Gasteiger partial charge in [-0.1, -0.05) is 48.5 Å². The highest BCUT2D eigenvalue weighted by Crippen LogP contribution is 2.53. The van der Waals surface area contributed by atoms with Crippen molar-refractivity contribution in [3.05, 3.63) is 71.3 Å². The second-order valence-electron chi connectivity index (χ2n) is 5.51. The first-order valence-corrected chi connectivity index (χ1v) is 7.68. The van der Waals surface area contributed by atoms with Gasteiger partial charge in [-0.05, 0) is 24.1 Å². The van der Waals surface area contributed by atoms with E-state index in [-0.39, 0.29) is 5.91 Å². The first kappa shape index (κ1) is 14.5. The number of hydrogen-bond acceptors (Lipinski definition) is 3. The number of likely N-dealkylation sites (N-methyl/N-ethyl adjacent to an activating group) is 1. The molecule has 0 saturated heterocycles. The fraction of sp³-hybridized carbons (Fsp3) is 0.235. The molecule has 1 aliphatic heterocycles. The van der Waals surface area contributed by atoms with Crippen molar-refractivity contribution in [2.75, 3.05) is 7.05 Å². The van der Waals surface area contributed by atoms with Crippen molar-refractivity contribution < 1.29 is 4.79 Å². The van der Waals surface area contributed by atoms with Gasteiger partial charge in [0.05, 0.1) is 4.75 Å². The van der Waals surface area contributed by atoms with Crippen molar-refractivity contribution in [1.82, 2.24) is 4.90 Å². The van der Waals surface area contributed by atoms with Crippen LogP contribution in [0.1, 0.15) is 28.4 Å². The number of benzene rings is 2. The summed E-state index contributed by atoms with van der Waals surface area (Å²) in [6.45, 7) is 1.93. The van der Waals surface area contributed by atoms with Crippen LogP contribution in [0, 0.1) is 0 Å². The van der Waals surface area contributed by atoms with Gasteiger partial charge in [0.25, 0.3) is 5.91 Å². The number of nitrogens with zero attached hydrogens (tertiary/aromatic N) is 1. The zero-order valence-electron chi connectivity index (χ0n) is 11.9. The van der Waals surface area contributed by atoms with Crippen LogP contribution in [-0.4, -0.2) is 22.7 Å². The van der Waals surface area contributed by atoms with Gasteiger partial charge in [-0.25, -0.2) is 0 Å². The van der Waals surface area contributed by atoms with E-state index in [1.165, 1.54) is 0 Å². The molecular weight excluding hydrogens is 298 g/mol. The first-order chi connectivity index (χ1) is 9.90. The van der Waals surface area contributed by atoms with Gasteiger partial charge in [-0.2, -0.15) is 12.6 Å². The van der Waals surface area contributed by atoms with Crippen molar-refractivity contribution in [2.45, 2.75) is 16.5 Å². The second kappa shape index (κ2) is 4.82. The Hall–Kier alpha value is -1.39. The molecule has 21 heavy (non-hydrogen) atoms. The van der Waals surface area contributed by atoms with Gasteiger partial charge in [0, 0.05) is 12.6 Å². The molecule has 0 bridgehead atoms. The van der Waals surface area contributed by atoms with E-state index in [9.17, 15) is 4.79 Å². The maximum absolute atomic E-state index is 12.6. The Morgan fingerprint density at radius 2 is 1.52 bits per heavy atom. The molecule has 2 unspecified atom stereocenters. The Morgan fingerprint density at radius 1 is 0.952 bits per heavy atom. The molecule has 3 rings (SSSR count). The Morgan fingerprint density at radius 3 is 2.19 bits per heavy atom. The third-order valence-electron chi connectivity index (χ3n) is 4.38. The number of carbonyl (C=O) groups excluding carboxylic acids is 1. The van der Waals surface area contributed by atoms with Gasteiger partial charge in [0.1, 0.15) is 4.87 Å². The van der Waals surface area contributed by atoms with Crippen LogP contribution in [-0.2, 0) is 4.75 Å². The van der Waals surface area contributed by atoms with E-state index in [2.05, 4.69) is 0 Å². The summed E-state index contributed by atoms with van der Waals surface area (Å²) in [6, 6.07) is 17.6. The molecule has 0 fully saturated rings. The highest BCUT2D eigenvalue weighted by Gasteiger charge is 2.54. The molecule has 108 valence electrons. The lowest BCUT2D eigenvalue weighted by atomic mass is 9.78. The van der Waals surface area contributed by atoms with Crippen LogP contribution >= 0.6 is 25.3 Å². The van der Waals surface area contributed by atoms with Crippen LogP contribution in [0.4, 0.5) is 0 Å². The van der Waals surface area contributed by atoms with Gasteiger partial charge in [-0.15, -0.1) is 12.6 Å². The van der Waals surface area contributed by atoms with Crippen LogP contribution in [0.25, 0.3) is 0 Å². The topological polar surface area (TPSA) is 20.3 Å². The number of rotatable bonds is 1. The number of thiol groups is 2. The normalized spacial score (nSPS) is 28.4. The van der Waals surface area contributed by atoms with Crippen LogP contribution in [0.3, 0.4) is 0 Å². The van der Waals surface area contributed by atoms with Crippen molar-refractivity contribution in [3.63, 3.8) is 0 Å². The monoisotopic (exact) mass is 315 g/mol. The molecule has 2 atom stereocenters. The SMILES string of the molecule is CN1C(=O)c2ccccc2C(S)(c2ccccc2)C1(C)S. The van der Waals surface area contributed by atoms with Gasteiger partial charge < -0.3 is 4.90 Å². The molecule has 1 aliphatic rings. The molecule has 2 aromatic carbocycles. The maximum Gasteiger partial charge on any atom is 0.255 e. The van der Waals surface area contributed by atoms with Crippen LogP contribution < -0.4 is 0 Å². The van der Waals surface area contributed by atoms with Gasteiger partial charge in [-0.3, -0.25) is 4.79 Å². The average molecular weight is 315 g/mol. The lowest BCUT2D eigenvalue weighted by Gasteiger charge is -2.52. The second-order valence-corrected chi connectivity index (χ2v) is 7.05. The summed E-state index contributed by atoms with van der Waals surface area (Å²) in [5.74, 6) is -0.0243. The predicted molar refractivity (Wildman–Crippen MR) is 92.1 cm³/mol. The van der Waals surface area contributed by atoms with Crippen molar-refractivity contribution in [3.8, 4) is 0 Å². The Kier molecular flexibility index (Phi) is 3.34. The van der Waals surface area contributed by atoms with Gasteiger partial charge >= 0.3 is 0 Å². The fourth-order valence-electron chi connectivity index (χ4n) is 2.97. The van der Waals surface area contributed by atoms with E-state index in [4.69, 9.17) is 25.3 Å². The van der Waals surface area contributed by atoms with Crippen LogP contribution in [0.2, 0.25) is 0 Å². The maximum atomic E-state index is 12.6. The Balaban J connectivity index is 2.36. The van der Waals surface area contributed by atoms with E-state index in [1.807, 2.05) is 61.5 Å². The molecule has 2 aromatic rings. The number of amides is 1. The van der Waals surface area contributed by atoms with Crippen molar-refractivity contribution >= 4 is 31.2 Å². The quantitative estimate of drug-likeness (QED) is 0.771. The molecule has 1 amide bonds. The summed E-state index contributed by atoms with van der Waals surface area (Å²) < 4.78 is -0.684. The summed E-state index contributed by atoms with van der Waals surface area (Å²) in [7, 11) is 1.78. The molecule has 0 aromatic heterocycles. The Labute approximate surface area is 136 Å². The van der Waals surface area contributed by atoms with E-state index < -0.39 is 9.62 Å². The Bertz CT molecular complexity index is 699. The smallest absolute Gasteiger partial charge is 0.255 e. The lowest BCUT2D eigenvalue weighted by Crippen LogP contribution is -2.59. The molecule has 0 N–H and O–H groups in total. The number of fused-ring (bicyclic) bond motifs is 1. The predicted octanol–water partition coefficient (Wildman–Crippen LogP) is 3.59. The molecule has 0 spiro atoms. The van der Waals surface area contributed by atoms with Crippen molar-refractivity contribution in [2.24, 2.45) is 0 Å². The molecular formula is C17H17NOS2. The highest BCUT2D eigenvalue weighted by atomic mass is 32.1. The zero-order valence-corrected chi connectivity index (χ0v) is 13.7. The van der Waals surface area contributed by atoms with Gasteiger partial charge in [0.15, 0.2) is 0 Å². The van der Waals surface area contributed by atoms with E-state index in [0.29, 0.717) is 5.56 Å². The summed E-state index contributed by atoms with van der Waals surface area (Å²) >= 11 is 9.85. The summed E-state index contributed by atoms with van der Waals surface area (Å²) in [4.78, 5) is 13.5. The summed E-state index contributed by atoms with van der Waals surface area (Å²) in [6.07, 6.45) is 0. The third kappa shape index (κ3) is 1.86. The van der Waals surface area contributed by atoms with Gasteiger partial charge in [0.2, 0.25) is 0 Å². The molecule has 0 saturated carbocycles. The summed E-state index contributed by atoms with van der Waals surface area (Å²) in [5.41, 5.74) is 2.61. The average Bonchev–Trinajstić information content (AvgIpc) is 2.52. The molecule has 1 heterocycles. The number of carbonyl (C=O) groups is 1. The largest absolute Gasteiger partial charge is 0.325 e. The molecule has 0 radical (unpaired) electrons. The minimum absolute atomic E-state index is 0.0243. The molecule has 2 nitrogen and oxygen atoms in total. The zero-order chi connectivity index (χ0) is 15.3. The standard InChI is InChI=1S/C17H17NOS2/c1-16(20)17(21,12-8-4-3-5-9-12)14-11-7-6-10-13(14)15(19)18(16)2/h3-11,20-21H,1-2H3. The summed E-state index contributed by atoms with van der Waals surface area (Å²) in [5, 5.41) is 0. The van der Waals surface area contributed by atoms with Crippen LogP contribution in [0.5, 0.6) is 0 Å². The third-order valence-corrected chi connectivity index (χ3v) is 6.13. The van der Waals surface area contributed by atoms with E-state index in [1.54, 1.807) is 11.9 Å². The fourth-order valence-corrected chi connectivity index (χ4v) is 3.80. The van der Waals surface area contributed by atoms with E-state index >= 15 is 0 Å². The number of hydrogen-bond donors (Lipinski definition) is 2. The molecule has 0 aliphatic carbocycles. The van der Waals surface area contributed by atoms with E-state index in [0.717, 1.165) is 11.1 Å². The van der Waals surface area contributed by atoms with Crippen molar-refractivity contribution in [1.29, 1.82) is 0 Å². The minimum Gasteiger partial charge on any atom is -0.325 e. The molecule has 4 heteroatoms. The lowest BCUT2D eigenvalue weighted by molar-refractivity contribution is 0.0653. The highest BCUT2D eigenvalue weighted by molar-refractivity contribution is 7.86. The first-order valence-electron chi connectivity index (χ1n) is 6.78.